The number of hydrogen-bond acceptors (Lipinski definition) is 2. The van der Waals surface area contributed by atoms with Crippen molar-refractivity contribution in [2.75, 3.05) is 13.1 Å². The fourth-order valence-corrected chi connectivity index (χ4v) is 2.65. The van der Waals surface area contributed by atoms with E-state index in [0.717, 1.165) is 19.3 Å². The van der Waals surface area contributed by atoms with E-state index in [2.05, 4.69) is 46.9 Å². The molecular formula is C16H34N2O. The van der Waals surface area contributed by atoms with E-state index in [0.29, 0.717) is 25.4 Å². The molecule has 0 saturated heterocycles. The summed E-state index contributed by atoms with van der Waals surface area (Å²) in [5, 5.41) is 3.07. The summed E-state index contributed by atoms with van der Waals surface area (Å²) >= 11 is 0. The van der Waals surface area contributed by atoms with Crippen molar-refractivity contribution in [2.45, 2.75) is 67.2 Å². The van der Waals surface area contributed by atoms with Crippen molar-refractivity contribution in [2.24, 2.45) is 22.5 Å². The maximum atomic E-state index is 12.0. The molecule has 114 valence electrons. The van der Waals surface area contributed by atoms with Crippen molar-refractivity contribution >= 4 is 5.91 Å². The quantitative estimate of drug-likeness (QED) is 0.711. The van der Waals surface area contributed by atoms with Gasteiger partial charge in [-0.25, -0.2) is 0 Å². The van der Waals surface area contributed by atoms with Crippen LogP contribution in [0.3, 0.4) is 0 Å². The van der Waals surface area contributed by atoms with Crippen LogP contribution in [0.5, 0.6) is 0 Å². The summed E-state index contributed by atoms with van der Waals surface area (Å²) in [4.78, 5) is 12.0. The molecule has 0 bridgehead atoms. The van der Waals surface area contributed by atoms with E-state index in [1.807, 2.05) is 0 Å². The first-order valence-corrected chi connectivity index (χ1v) is 7.65. The molecule has 0 aliphatic carbocycles. The number of rotatable bonds is 8. The third kappa shape index (κ3) is 7.56. The summed E-state index contributed by atoms with van der Waals surface area (Å²) in [6.45, 7) is 14.4. The number of carbonyl (C=O) groups is 1. The summed E-state index contributed by atoms with van der Waals surface area (Å²) in [7, 11) is 0. The van der Waals surface area contributed by atoms with Crippen LogP contribution < -0.4 is 11.1 Å². The maximum absolute atomic E-state index is 12.0. The standard InChI is InChI=1S/C16H34N2O/c1-7-16(8-2,11-17)12-18-14(19)9-13(3)10-15(4,5)6/h13H,7-12,17H2,1-6H3,(H,18,19). The molecule has 0 spiro atoms. The van der Waals surface area contributed by atoms with E-state index in [4.69, 9.17) is 5.73 Å². The van der Waals surface area contributed by atoms with Gasteiger partial charge in [-0.1, -0.05) is 41.5 Å². The van der Waals surface area contributed by atoms with E-state index >= 15 is 0 Å². The first-order chi connectivity index (χ1) is 8.68. The van der Waals surface area contributed by atoms with Gasteiger partial charge in [0.1, 0.15) is 0 Å². The second kappa shape index (κ2) is 7.88. The van der Waals surface area contributed by atoms with Gasteiger partial charge in [0.25, 0.3) is 0 Å². The fourth-order valence-electron chi connectivity index (χ4n) is 2.65. The third-order valence-corrected chi connectivity index (χ3v) is 4.09. The summed E-state index contributed by atoms with van der Waals surface area (Å²) < 4.78 is 0. The zero-order valence-electron chi connectivity index (χ0n) is 13.8. The van der Waals surface area contributed by atoms with Crippen molar-refractivity contribution in [1.82, 2.24) is 5.32 Å². The lowest BCUT2D eigenvalue weighted by Crippen LogP contribution is -2.42. The van der Waals surface area contributed by atoms with Gasteiger partial charge in [0, 0.05) is 13.0 Å². The Balaban J connectivity index is 4.18. The molecule has 1 atom stereocenters. The highest BCUT2D eigenvalue weighted by Crippen LogP contribution is 2.26. The average molecular weight is 270 g/mol. The van der Waals surface area contributed by atoms with Crippen molar-refractivity contribution < 1.29 is 4.79 Å². The lowest BCUT2D eigenvalue weighted by molar-refractivity contribution is -0.122. The molecule has 0 aromatic rings. The van der Waals surface area contributed by atoms with Gasteiger partial charge in [0.15, 0.2) is 0 Å². The Labute approximate surface area is 119 Å². The summed E-state index contributed by atoms with van der Waals surface area (Å²) in [5.41, 5.74) is 6.21. The first-order valence-electron chi connectivity index (χ1n) is 7.65. The van der Waals surface area contributed by atoms with Crippen LogP contribution >= 0.6 is 0 Å². The number of nitrogens with one attached hydrogen (secondary N) is 1. The largest absolute Gasteiger partial charge is 0.355 e. The summed E-state index contributed by atoms with van der Waals surface area (Å²) in [6.07, 6.45) is 3.71. The molecule has 3 nitrogen and oxygen atoms in total. The van der Waals surface area contributed by atoms with Gasteiger partial charge in [0.2, 0.25) is 5.91 Å². The van der Waals surface area contributed by atoms with Crippen LogP contribution in [-0.2, 0) is 4.79 Å². The van der Waals surface area contributed by atoms with E-state index in [-0.39, 0.29) is 16.7 Å². The lowest BCUT2D eigenvalue weighted by Gasteiger charge is -2.30. The van der Waals surface area contributed by atoms with Crippen LogP contribution in [0.4, 0.5) is 0 Å². The number of amides is 1. The molecule has 19 heavy (non-hydrogen) atoms. The molecule has 0 aliphatic rings. The molecule has 0 saturated carbocycles. The maximum Gasteiger partial charge on any atom is 0.220 e. The SMILES string of the molecule is CCC(CC)(CN)CNC(=O)CC(C)CC(C)(C)C. The Hall–Kier alpha value is -0.570. The molecule has 1 unspecified atom stereocenters. The van der Waals surface area contributed by atoms with Gasteiger partial charge in [0.05, 0.1) is 0 Å². The molecule has 3 N–H and O–H groups in total. The molecule has 0 aromatic heterocycles. The van der Waals surface area contributed by atoms with E-state index in [1.54, 1.807) is 0 Å². The van der Waals surface area contributed by atoms with Gasteiger partial charge >= 0.3 is 0 Å². The normalized spacial score (nSPS) is 14.3. The molecule has 0 rings (SSSR count). The fraction of sp³-hybridized carbons (Fsp3) is 0.938. The smallest absolute Gasteiger partial charge is 0.220 e. The Morgan fingerprint density at radius 1 is 1.21 bits per heavy atom. The molecule has 0 fully saturated rings. The first kappa shape index (κ1) is 18.4. The molecule has 3 heteroatoms. The van der Waals surface area contributed by atoms with Crippen molar-refractivity contribution in [3.8, 4) is 0 Å². The predicted molar refractivity (Wildman–Crippen MR) is 82.9 cm³/mol. The van der Waals surface area contributed by atoms with Crippen LogP contribution in [0.2, 0.25) is 0 Å². The minimum Gasteiger partial charge on any atom is -0.355 e. The second-order valence-electron chi connectivity index (χ2n) is 7.26. The van der Waals surface area contributed by atoms with Gasteiger partial charge in [-0.2, -0.15) is 0 Å². The van der Waals surface area contributed by atoms with Crippen LogP contribution in [0.1, 0.15) is 67.2 Å². The van der Waals surface area contributed by atoms with Crippen LogP contribution in [-0.4, -0.2) is 19.0 Å². The lowest BCUT2D eigenvalue weighted by atomic mass is 9.82. The van der Waals surface area contributed by atoms with Crippen LogP contribution in [0.25, 0.3) is 0 Å². The van der Waals surface area contributed by atoms with E-state index in [1.165, 1.54) is 0 Å². The third-order valence-electron chi connectivity index (χ3n) is 4.09. The Morgan fingerprint density at radius 2 is 1.74 bits per heavy atom. The zero-order valence-corrected chi connectivity index (χ0v) is 13.8. The van der Waals surface area contributed by atoms with Gasteiger partial charge in [-0.3, -0.25) is 4.79 Å². The second-order valence-corrected chi connectivity index (χ2v) is 7.26. The predicted octanol–water partition coefficient (Wildman–Crippen LogP) is 3.33. The Morgan fingerprint density at radius 3 is 2.11 bits per heavy atom. The summed E-state index contributed by atoms with van der Waals surface area (Å²) in [6, 6.07) is 0. The monoisotopic (exact) mass is 270 g/mol. The summed E-state index contributed by atoms with van der Waals surface area (Å²) in [5.74, 6) is 0.590. The van der Waals surface area contributed by atoms with Crippen LogP contribution in [0, 0.1) is 16.7 Å². The van der Waals surface area contributed by atoms with Crippen LogP contribution in [0.15, 0.2) is 0 Å². The molecule has 0 heterocycles. The highest BCUT2D eigenvalue weighted by atomic mass is 16.1. The molecular weight excluding hydrogens is 236 g/mol. The molecule has 1 amide bonds. The number of nitrogens with two attached hydrogens (primary N) is 1. The molecule has 0 aliphatic heterocycles. The minimum absolute atomic E-state index is 0.0723. The Bertz CT molecular complexity index is 256. The van der Waals surface area contributed by atoms with Crippen molar-refractivity contribution in [1.29, 1.82) is 0 Å². The highest BCUT2D eigenvalue weighted by molar-refractivity contribution is 5.76. The van der Waals surface area contributed by atoms with Gasteiger partial charge < -0.3 is 11.1 Å². The minimum atomic E-state index is 0.0723. The Kier molecular flexibility index (Phi) is 7.65. The number of hydrogen-bond donors (Lipinski definition) is 2. The van der Waals surface area contributed by atoms with E-state index < -0.39 is 0 Å². The number of carbonyl (C=O) groups excluding carboxylic acids is 1. The van der Waals surface area contributed by atoms with Crippen molar-refractivity contribution in [3.05, 3.63) is 0 Å². The zero-order chi connectivity index (χ0) is 15.1. The highest BCUT2D eigenvalue weighted by Gasteiger charge is 2.25. The van der Waals surface area contributed by atoms with Crippen molar-refractivity contribution in [3.63, 3.8) is 0 Å². The molecule has 0 radical (unpaired) electrons. The van der Waals surface area contributed by atoms with Gasteiger partial charge in [-0.05, 0) is 42.6 Å². The average Bonchev–Trinajstić information content (AvgIpc) is 2.29. The molecule has 0 aromatic carbocycles. The van der Waals surface area contributed by atoms with Gasteiger partial charge in [-0.15, -0.1) is 0 Å². The topological polar surface area (TPSA) is 55.1 Å². The van der Waals surface area contributed by atoms with E-state index in [9.17, 15) is 4.79 Å².